The van der Waals surface area contributed by atoms with Crippen molar-refractivity contribution in [3.63, 3.8) is 0 Å². The Morgan fingerprint density at radius 3 is 2.46 bits per heavy atom. The Morgan fingerprint density at radius 1 is 1.08 bits per heavy atom. The van der Waals surface area contributed by atoms with E-state index in [-0.39, 0.29) is 0 Å². The van der Waals surface area contributed by atoms with Crippen LogP contribution in [0.25, 0.3) is 0 Å². The lowest BCUT2D eigenvalue weighted by Crippen LogP contribution is -2.30. The number of hydrogen-bond donors (Lipinski definition) is 0. The molecule has 2 heteroatoms. The van der Waals surface area contributed by atoms with Crippen molar-refractivity contribution < 1.29 is 0 Å². The van der Waals surface area contributed by atoms with Gasteiger partial charge in [-0.3, -0.25) is 0 Å². The van der Waals surface area contributed by atoms with E-state index in [0.717, 1.165) is 6.04 Å². The van der Waals surface area contributed by atoms with Gasteiger partial charge in [0.15, 0.2) is 0 Å². The predicted octanol–water partition coefficient (Wildman–Crippen LogP) is 1.57. The third-order valence-corrected chi connectivity index (χ3v) is 3.65. The molecule has 2 rings (SSSR count). The molecule has 0 aliphatic carbocycles. The van der Waals surface area contributed by atoms with Gasteiger partial charge in [0.1, 0.15) is 0 Å². The Labute approximate surface area is 81.9 Å². The first-order valence-corrected chi connectivity index (χ1v) is 5.79. The minimum atomic E-state index is 0.889. The van der Waals surface area contributed by atoms with Crippen LogP contribution >= 0.6 is 0 Å². The average Bonchev–Trinajstić information content (AvgIpc) is 2.72. The fraction of sp³-hybridized carbons (Fsp3) is 1.00. The summed E-state index contributed by atoms with van der Waals surface area (Å²) in [7, 11) is 2.28. The SMILES string of the molecule is CN1CCCC1CCN1CCCC1. The zero-order valence-electron chi connectivity index (χ0n) is 8.84. The van der Waals surface area contributed by atoms with Gasteiger partial charge in [-0.1, -0.05) is 0 Å². The van der Waals surface area contributed by atoms with Crippen LogP contribution in [-0.2, 0) is 0 Å². The number of likely N-dealkylation sites (tertiary alicyclic amines) is 2. The maximum atomic E-state index is 2.63. The maximum absolute atomic E-state index is 2.63. The molecule has 0 saturated carbocycles. The molecule has 0 radical (unpaired) electrons. The zero-order valence-corrected chi connectivity index (χ0v) is 8.84. The molecule has 0 bridgehead atoms. The normalized spacial score (nSPS) is 31.6. The molecule has 2 aliphatic rings. The lowest BCUT2D eigenvalue weighted by molar-refractivity contribution is 0.249. The highest BCUT2D eigenvalue weighted by Crippen LogP contribution is 2.19. The summed E-state index contributed by atoms with van der Waals surface area (Å²) < 4.78 is 0. The first kappa shape index (κ1) is 9.47. The fourth-order valence-electron chi connectivity index (χ4n) is 2.68. The highest BCUT2D eigenvalue weighted by molar-refractivity contribution is 4.78. The molecule has 0 aromatic heterocycles. The first-order chi connectivity index (χ1) is 6.36. The number of nitrogens with zero attached hydrogens (tertiary/aromatic N) is 2. The lowest BCUT2D eigenvalue weighted by atomic mass is 10.1. The Bertz CT molecular complexity index is 152. The van der Waals surface area contributed by atoms with Crippen LogP contribution in [0.15, 0.2) is 0 Å². The quantitative estimate of drug-likeness (QED) is 0.653. The predicted molar refractivity (Wildman–Crippen MR) is 55.9 cm³/mol. The van der Waals surface area contributed by atoms with Crippen LogP contribution in [0.3, 0.4) is 0 Å². The molecule has 0 N–H and O–H groups in total. The van der Waals surface area contributed by atoms with Gasteiger partial charge in [-0.05, 0) is 65.3 Å². The van der Waals surface area contributed by atoms with Gasteiger partial charge in [0, 0.05) is 6.04 Å². The summed E-state index contributed by atoms with van der Waals surface area (Å²) in [4.78, 5) is 5.17. The van der Waals surface area contributed by atoms with Crippen molar-refractivity contribution >= 4 is 0 Å². The van der Waals surface area contributed by atoms with Crippen molar-refractivity contribution in [2.75, 3.05) is 33.2 Å². The molecule has 13 heavy (non-hydrogen) atoms. The standard InChI is InChI=1S/C11H22N2/c1-12-7-4-5-11(12)6-10-13-8-2-3-9-13/h11H,2-10H2,1H3. The van der Waals surface area contributed by atoms with E-state index >= 15 is 0 Å². The summed E-state index contributed by atoms with van der Waals surface area (Å²) in [5.41, 5.74) is 0. The van der Waals surface area contributed by atoms with Crippen LogP contribution in [0.5, 0.6) is 0 Å². The van der Waals surface area contributed by atoms with Gasteiger partial charge >= 0.3 is 0 Å². The summed E-state index contributed by atoms with van der Waals surface area (Å²) >= 11 is 0. The third-order valence-electron chi connectivity index (χ3n) is 3.65. The van der Waals surface area contributed by atoms with Crippen molar-refractivity contribution in [2.24, 2.45) is 0 Å². The van der Waals surface area contributed by atoms with Crippen molar-refractivity contribution in [3.05, 3.63) is 0 Å². The second-order valence-electron chi connectivity index (χ2n) is 4.61. The van der Waals surface area contributed by atoms with Crippen LogP contribution < -0.4 is 0 Å². The van der Waals surface area contributed by atoms with E-state index in [2.05, 4.69) is 16.8 Å². The van der Waals surface area contributed by atoms with Crippen LogP contribution in [-0.4, -0.2) is 49.1 Å². The molecule has 2 heterocycles. The molecule has 2 aliphatic heterocycles. The Balaban J connectivity index is 1.66. The van der Waals surface area contributed by atoms with Gasteiger partial charge in [0.2, 0.25) is 0 Å². The lowest BCUT2D eigenvalue weighted by Gasteiger charge is -2.22. The van der Waals surface area contributed by atoms with Gasteiger partial charge in [-0.2, -0.15) is 0 Å². The summed E-state index contributed by atoms with van der Waals surface area (Å²) in [6.45, 7) is 5.38. The Kier molecular flexibility index (Phi) is 3.23. The van der Waals surface area contributed by atoms with Gasteiger partial charge in [0.05, 0.1) is 0 Å². The smallest absolute Gasteiger partial charge is 0.0105 e. The second kappa shape index (κ2) is 4.43. The molecule has 2 fully saturated rings. The van der Waals surface area contributed by atoms with E-state index in [9.17, 15) is 0 Å². The third kappa shape index (κ3) is 2.44. The van der Waals surface area contributed by atoms with Crippen molar-refractivity contribution in [1.82, 2.24) is 9.80 Å². The molecule has 0 spiro atoms. The Morgan fingerprint density at radius 2 is 1.85 bits per heavy atom. The van der Waals surface area contributed by atoms with Crippen molar-refractivity contribution in [1.29, 1.82) is 0 Å². The summed E-state index contributed by atoms with van der Waals surface area (Å²) in [5, 5.41) is 0. The van der Waals surface area contributed by atoms with Crippen molar-refractivity contribution in [2.45, 2.75) is 38.1 Å². The summed E-state index contributed by atoms with van der Waals surface area (Å²) in [6.07, 6.45) is 7.11. The topological polar surface area (TPSA) is 6.48 Å². The van der Waals surface area contributed by atoms with E-state index in [1.165, 1.54) is 58.3 Å². The van der Waals surface area contributed by atoms with Crippen LogP contribution in [0.4, 0.5) is 0 Å². The fourth-order valence-corrected chi connectivity index (χ4v) is 2.68. The van der Waals surface area contributed by atoms with Crippen LogP contribution in [0.2, 0.25) is 0 Å². The number of rotatable bonds is 3. The van der Waals surface area contributed by atoms with Crippen molar-refractivity contribution in [3.8, 4) is 0 Å². The van der Waals surface area contributed by atoms with E-state index in [0.29, 0.717) is 0 Å². The van der Waals surface area contributed by atoms with E-state index in [4.69, 9.17) is 0 Å². The molecule has 0 aromatic carbocycles. The molecule has 0 amide bonds. The second-order valence-corrected chi connectivity index (χ2v) is 4.61. The van der Waals surface area contributed by atoms with Crippen LogP contribution in [0, 0.1) is 0 Å². The number of hydrogen-bond acceptors (Lipinski definition) is 2. The minimum absolute atomic E-state index is 0.889. The van der Waals surface area contributed by atoms with Gasteiger partial charge in [-0.15, -0.1) is 0 Å². The van der Waals surface area contributed by atoms with Gasteiger partial charge in [0.25, 0.3) is 0 Å². The molecule has 76 valence electrons. The minimum Gasteiger partial charge on any atom is -0.303 e. The zero-order chi connectivity index (χ0) is 9.10. The molecule has 2 saturated heterocycles. The van der Waals surface area contributed by atoms with E-state index in [1.54, 1.807) is 0 Å². The highest BCUT2D eigenvalue weighted by atomic mass is 15.2. The molecule has 2 nitrogen and oxygen atoms in total. The van der Waals surface area contributed by atoms with E-state index < -0.39 is 0 Å². The monoisotopic (exact) mass is 182 g/mol. The van der Waals surface area contributed by atoms with Gasteiger partial charge < -0.3 is 9.80 Å². The highest BCUT2D eigenvalue weighted by Gasteiger charge is 2.21. The first-order valence-electron chi connectivity index (χ1n) is 5.79. The Hall–Kier alpha value is -0.0800. The molecular formula is C11H22N2. The molecule has 0 aromatic rings. The average molecular weight is 182 g/mol. The van der Waals surface area contributed by atoms with E-state index in [1.807, 2.05) is 0 Å². The summed E-state index contributed by atoms with van der Waals surface area (Å²) in [5.74, 6) is 0. The molecular weight excluding hydrogens is 160 g/mol. The van der Waals surface area contributed by atoms with Gasteiger partial charge in [-0.25, -0.2) is 0 Å². The molecule has 1 unspecified atom stereocenters. The maximum Gasteiger partial charge on any atom is 0.0105 e. The molecule has 1 atom stereocenters. The largest absolute Gasteiger partial charge is 0.303 e. The van der Waals surface area contributed by atoms with Crippen LogP contribution in [0.1, 0.15) is 32.1 Å². The summed E-state index contributed by atoms with van der Waals surface area (Å²) in [6, 6.07) is 0.889.